The molecule has 0 aliphatic carbocycles. The van der Waals surface area contributed by atoms with E-state index in [2.05, 4.69) is 49.3 Å². The predicted octanol–water partition coefficient (Wildman–Crippen LogP) is 2.74. The molecular formula is C24H28N8O2. The maximum absolute atomic E-state index is 13.3. The molecule has 0 spiro atoms. The molecule has 176 valence electrons. The van der Waals surface area contributed by atoms with Crippen LogP contribution in [0.3, 0.4) is 0 Å². The first-order valence-electron chi connectivity index (χ1n) is 11.3. The average Bonchev–Trinajstić information content (AvgIpc) is 3.19. The number of carbonyl (C=O) groups excluding carboxylic acids is 1. The minimum atomic E-state index is -0.301. The lowest BCUT2D eigenvalue weighted by Gasteiger charge is -2.38. The number of piperazine rings is 1. The highest BCUT2D eigenvalue weighted by Crippen LogP contribution is 2.31. The van der Waals surface area contributed by atoms with Crippen LogP contribution in [0.15, 0.2) is 30.7 Å². The number of fused-ring (bicyclic) bond motifs is 2. The maximum atomic E-state index is 13.3. The van der Waals surface area contributed by atoms with E-state index in [0.717, 1.165) is 35.6 Å². The van der Waals surface area contributed by atoms with Crippen LogP contribution in [0.2, 0.25) is 0 Å². The van der Waals surface area contributed by atoms with Gasteiger partial charge in [-0.2, -0.15) is 4.98 Å². The molecule has 1 saturated heterocycles. The number of aryl methyl sites for hydroxylation is 2. The highest BCUT2D eigenvalue weighted by Gasteiger charge is 2.25. The molecule has 5 rings (SSSR count). The number of hydrogen-bond acceptors (Lipinski definition) is 8. The van der Waals surface area contributed by atoms with Gasteiger partial charge in [0.15, 0.2) is 11.5 Å². The first kappa shape index (κ1) is 22.0. The normalized spacial score (nSPS) is 18.4. The summed E-state index contributed by atoms with van der Waals surface area (Å²) in [6.45, 7) is 9.86. The minimum absolute atomic E-state index is 0.214. The largest absolute Gasteiger partial charge is 0.467 e. The molecule has 0 saturated carbocycles. The molecule has 34 heavy (non-hydrogen) atoms. The van der Waals surface area contributed by atoms with Crippen molar-refractivity contribution in [2.24, 2.45) is 0 Å². The van der Waals surface area contributed by atoms with Crippen LogP contribution in [0.25, 0.3) is 16.6 Å². The van der Waals surface area contributed by atoms with Crippen LogP contribution in [0, 0.1) is 13.8 Å². The lowest BCUT2D eigenvalue weighted by molar-refractivity contribution is 0.102. The van der Waals surface area contributed by atoms with Gasteiger partial charge in [0.05, 0.1) is 35.8 Å². The van der Waals surface area contributed by atoms with Gasteiger partial charge in [0.2, 0.25) is 0 Å². The number of rotatable bonds is 4. The Bertz CT molecular complexity index is 1390. The summed E-state index contributed by atoms with van der Waals surface area (Å²) < 4.78 is 7.13. The van der Waals surface area contributed by atoms with Gasteiger partial charge >= 0.3 is 6.01 Å². The zero-order valence-electron chi connectivity index (χ0n) is 20.0. The molecule has 2 atom stereocenters. The third kappa shape index (κ3) is 4.01. The summed E-state index contributed by atoms with van der Waals surface area (Å²) in [7, 11) is 1.51. The molecule has 10 heteroatoms. The van der Waals surface area contributed by atoms with Gasteiger partial charge in [-0.1, -0.05) is 0 Å². The van der Waals surface area contributed by atoms with Gasteiger partial charge in [0.25, 0.3) is 5.91 Å². The van der Waals surface area contributed by atoms with Gasteiger partial charge in [0.1, 0.15) is 0 Å². The number of carbonyl (C=O) groups is 1. The van der Waals surface area contributed by atoms with E-state index >= 15 is 0 Å². The Kier molecular flexibility index (Phi) is 5.52. The number of nitrogens with one attached hydrogen (secondary N) is 2. The summed E-state index contributed by atoms with van der Waals surface area (Å²) in [6, 6.07) is 4.68. The van der Waals surface area contributed by atoms with Crippen molar-refractivity contribution in [1.29, 1.82) is 0 Å². The minimum Gasteiger partial charge on any atom is -0.467 e. The summed E-state index contributed by atoms with van der Waals surface area (Å²) in [5, 5.41) is 7.27. The Hall–Kier alpha value is -3.79. The number of benzene rings is 1. The Labute approximate surface area is 197 Å². The quantitative estimate of drug-likeness (QED) is 0.478. The first-order valence-corrected chi connectivity index (χ1v) is 11.3. The Morgan fingerprint density at radius 2 is 1.88 bits per heavy atom. The van der Waals surface area contributed by atoms with Gasteiger partial charge in [-0.05, 0) is 39.8 Å². The molecule has 4 heterocycles. The van der Waals surface area contributed by atoms with E-state index in [1.54, 1.807) is 12.4 Å². The standard InChI is InChI=1S/C24H28N8O2/c1-13-9-31(10-14(2)26-13)19-7-6-17(21-18(19)8-25-24(30-21)34-5)23(33)29-20-12-32-11-15(3)27-16(4)22(32)28-20/h6-8,11-14,26H,9-10H2,1-5H3,(H,29,33). The summed E-state index contributed by atoms with van der Waals surface area (Å²) in [6.07, 6.45) is 5.39. The van der Waals surface area contributed by atoms with Crippen molar-refractivity contribution in [3.8, 4) is 6.01 Å². The van der Waals surface area contributed by atoms with E-state index in [0.29, 0.717) is 34.6 Å². The predicted molar refractivity (Wildman–Crippen MR) is 131 cm³/mol. The van der Waals surface area contributed by atoms with E-state index in [9.17, 15) is 4.79 Å². The molecule has 1 aromatic carbocycles. The molecule has 2 N–H and O–H groups in total. The number of nitrogens with zero attached hydrogens (tertiary/aromatic N) is 6. The average molecular weight is 461 g/mol. The van der Waals surface area contributed by atoms with Gasteiger partial charge in [0, 0.05) is 48.6 Å². The van der Waals surface area contributed by atoms with Gasteiger partial charge < -0.3 is 24.7 Å². The van der Waals surface area contributed by atoms with Crippen LogP contribution in [0.1, 0.15) is 35.6 Å². The Morgan fingerprint density at radius 3 is 2.62 bits per heavy atom. The van der Waals surface area contributed by atoms with Crippen LogP contribution in [-0.2, 0) is 0 Å². The van der Waals surface area contributed by atoms with Crippen molar-refractivity contribution < 1.29 is 9.53 Å². The summed E-state index contributed by atoms with van der Waals surface area (Å²) in [5.41, 5.74) is 4.35. The van der Waals surface area contributed by atoms with E-state index in [1.807, 2.05) is 36.6 Å². The smallest absolute Gasteiger partial charge is 0.316 e. The van der Waals surface area contributed by atoms with E-state index in [-0.39, 0.29) is 11.9 Å². The molecule has 1 aliphatic rings. The molecule has 0 bridgehead atoms. The second-order valence-electron chi connectivity index (χ2n) is 8.90. The summed E-state index contributed by atoms with van der Waals surface area (Å²) >= 11 is 0. The highest BCUT2D eigenvalue weighted by molar-refractivity contribution is 6.13. The van der Waals surface area contributed by atoms with Crippen LogP contribution in [0.5, 0.6) is 6.01 Å². The second-order valence-corrected chi connectivity index (χ2v) is 8.90. The number of ether oxygens (including phenoxy) is 1. The molecule has 2 unspecified atom stereocenters. The molecule has 1 aliphatic heterocycles. The monoisotopic (exact) mass is 460 g/mol. The van der Waals surface area contributed by atoms with Gasteiger partial charge in [-0.15, -0.1) is 0 Å². The lowest BCUT2D eigenvalue weighted by atomic mass is 10.0. The topological polar surface area (TPSA) is 110 Å². The number of methoxy groups -OCH3 is 1. The van der Waals surface area contributed by atoms with Crippen molar-refractivity contribution in [3.63, 3.8) is 0 Å². The van der Waals surface area contributed by atoms with Crippen molar-refractivity contribution in [2.75, 3.05) is 30.4 Å². The fourth-order valence-corrected chi connectivity index (χ4v) is 4.72. The summed E-state index contributed by atoms with van der Waals surface area (Å²) in [5.74, 6) is 0.147. The molecule has 3 aromatic heterocycles. The van der Waals surface area contributed by atoms with Crippen LogP contribution >= 0.6 is 0 Å². The van der Waals surface area contributed by atoms with Crippen molar-refractivity contribution in [1.82, 2.24) is 29.7 Å². The highest BCUT2D eigenvalue weighted by atomic mass is 16.5. The van der Waals surface area contributed by atoms with Gasteiger partial charge in [-0.3, -0.25) is 9.78 Å². The van der Waals surface area contributed by atoms with Crippen LogP contribution in [0.4, 0.5) is 11.5 Å². The fourth-order valence-electron chi connectivity index (χ4n) is 4.72. The second kappa shape index (κ2) is 8.53. The number of hydrogen-bond donors (Lipinski definition) is 2. The molecule has 10 nitrogen and oxygen atoms in total. The third-order valence-electron chi connectivity index (χ3n) is 6.00. The molecule has 1 fully saturated rings. The van der Waals surface area contributed by atoms with E-state index < -0.39 is 0 Å². The van der Waals surface area contributed by atoms with Crippen LogP contribution in [-0.4, -0.2) is 62.5 Å². The van der Waals surface area contributed by atoms with Crippen molar-refractivity contribution >= 4 is 34.0 Å². The number of aromatic nitrogens is 5. The molecule has 4 aromatic rings. The Morgan fingerprint density at radius 1 is 1.12 bits per heavy atom. The third-order valence-corrected chi connectivity index (χ3v) is 6.00. The maximum Gasteiger partial charge on any atom is 0.316 e. The molecule has 1 amide bonds. The van der Waals surface area contributed by atoms with E-state index in [1.165, 1.54) is 7.11 Å². The number of imidazole rings is 1. The zero-order chi connectivity index (χ0) is 24.0. The number of anilines is 2. The Balaban J connectivity index is 1.54. The van der Waals surface area contributed by atoms with Crippen LogP contribution < -0.4 is 20.3 Å². The fraction of sp³-hybridized carbons (Fsp3) is 0.375. The van der Waals surface area contributed by atoms with E-state index in [4.69, 9.17) is 4.74 Å². The van der Waals surface area contributed by atoms with Gasteiger partial charge in [-0.25, -0.2) is 9.97 Å². The SMILES string of the molecule is COc1ncc2c(N3CC(C)NC(C)C3)ccc(C(=O)Nc3cn4cc(C)nc(C)c4n3)c2n1. The lowest BCUT2D eigenvalue weighted by Crippen LogP contribution is -2.54. The van der Waals surface area contributed by atoms with Crippen molar-refractivity contribution in [3.05, 3.63) is 47.7 Å². The molecule has 0 radical (unpaired) electrons. The van der Waals surface area contributed by atoms with Crippen molar-refractivity contribution in [2.45, 2.75) is 39.8 Å². The molecular weight excluding hydrogens is 432 g/mol. The number of amides is 1. The first-order chi connectivity index (χ1) is 16.3. The summed E-state index contributed by atoms with van der Waals surface area (Å²) in [4.78, 5) is 33.5. The zero-order valence-corrected chi connectivity index (χ0v) is 20.0.